The lowest BCUT2D eigenvalue weighted by Crippen LogP contribution is -2.48. The molecule has 2 N–H and O–H groups in total. The molecule has 1 aliphatic carbocycles. The van der Waals surface area contributed by atoms with Crippen LogP contribution in [-0.2, 0) is 14.8 Å². The average Bonchev–Trinajstić information content (AvgIpc) is 2.95. The summed E-state index contributed by atoms with van der Waals surface area (Å²) in [5.74, 6) is 2.47. The van der Waals surface area contributed by atoms with Crippen LogP contribution in [-0.4, -0.2) is 68.5 Å². The van der Waals surface area contributed by atoms with Gasteiger partial charge in [0.2, 0.25) is 21.9 Å². The van der Waals surface area contributed by atoms with Gasteiger partial charge < -0.3 is 15.1 Å². The van der Waals surface area contributed by atoms with Gasteiger partial charge in [-0.3, -0.25) is 4.79 Å². The third kappa shape index (κ3) is 6.88. The van der Waals surface area contributed by atoms with Gasteiger partial charge in [0.15, 0.2) is 0 Å². The van der Waals surface area contributed by atoms with E-state index >= 15 is 0 Å². The fourth-order valence-corrected chi connectivity index (χ4v) is 6.79. The molecule has 39 heavy (non-hydrogen) atoms. The fraction of sp³-hybridized carbons (Fsp3) is 0.464. The van der Waals surface area contributed by atoms with Crippen molar-refractivity contribution in [2.75, 3.05) is 49.5 Å². The molecule has 2 aromatic carbocycles. The summed E-state index contributed by atoms with van der Waals surface area (Å²) in [7, 11) is -3.50. The van der Waals surface area contributed by atoms with Crippen LogP contribution in [0.5, 0.6) is 0 Å². The molecule has 5 rings (SSSR count). The molecular formula is C28H35BrN6O3S. The number of aromatic nitrogens is 2. The minimum atomic E-state index is -3.50. The summed E-state index contributed by atoms with van der Waals surface area (Å²) in [4.78, 5) is 25.8. The molecule has 1 saturated carbocycles. The summed E-state index contributed by atoms with van der Waals surface area (Å²) in [6.45, 7) is 5.75. The van der Waals surface area contributed by atoms with Crippen molar-refractivity contribution in [3.63, 3.8) is 0 Å². The number of carbonyl (C=O) groups excluding carboxylic acids is 1. The summed E-state index contributed by atoms with van der Waals surface area (Å²) in [5.41, 5.74) is 0.903. The number of hydrogen-bond acceptors (Lipinski definition) is 7. The van der Waals surface area contributed by atoms with Gasteiger partial charge in [-0.1, -0.05) is 28.1 Å². The third-order valence-electron chi connectivity index (χ3n) is 7.81. The Morgan fingerprint density at radius 1 is 0.923 bits per heavy atom. The number of piperazine rings is 1. The predicted octanol–water partition coefficient (Wildman–Crippen LogP) is 4.26. The van der Waals surface area contributed by atoms with Gasteiger partial charge >= 0.3 is 0 Å². The van der Waals surface area contributed by atoms with Gasteiger partial charge in [0.05, 0.1) is 10.4 Å². The number of benzene rings is 2. The number of carbonyl (C=O) groups is 1. The van der Waals surface area contributed by atoms with Gasteiger partial charge in [0.1, 0.15) is 5.82 Å². The molecule has 2 heterocycles. The summed E-state index contributed by atoms with van der Waals surface area (Å²) >= 11 is 3.34. The average molecular weight is 616 g/mol. The van der Waals surface area contributed by atoms with Crippen molar-refractivity contribution in [3.8, 4) is 0 Å². The molecule has 1 amide bonds. The van der Waals surface area contributed by atoms with Gasteiger partial charge in [-0.25, -0.2) is 18.1 Å². The number of para-hydroxylation sites is 1. The Labute approximate surface area is 238 Å². The lowest BCUT2D eigenvalue weighted by atomic mass is 9.82. The second kappa shape index (κ2) is 12.2. The molecule has 11 heteroatoms. The highest BCUT2D eigenvalue weighted by Gasteiger charge is 2.25. The highest BCUT2D eigenvalue weighted by Crippen LogP contribution is 2.30. The van der Waals surface area contributed by atoms with E-state index < -0.39 is 10.0 Å². The monoisotopic (exact) mass is 614 g/mol. The molecular weight excluding hydrogens is 580 g/mol. The zero-order valence-corrected chi connectivity index (χ0v) is 24.5. The van der Waals surface area contributed by atoms with Crippen molar-refractivity contribution in [2.24, 2.45) is 11.8 Å². The molecule has 2 fully saturated rings. The van der Waals surface area contributed by atoms with Crippen molar-refractivity contribution in [1.82, 2.24) is 19.6 Å². The fourth-order valence-electron chi connectivity index (χ4n) is 5.41. The quantitative estimate of drug-likeness (QED) is 0.390. The Morgan fingerprint density at radius 2 is 1.56 bits per heavy atom. The minimum absolute atomic E-state index is 0.112. The number of nitrogens with one attached hydrogen (secondary N) is 2. The lowest BCUT2D eigenvalue weighted by Gasteiger charge is -2.35. The molecule has 9 nitrogen and oxygen atoms in total. The molecule has 3 aromatic rings. The van der Waals surface area contributed by atoms with Crippen LogP contribution in [0.1, 0.15) is 32.6 Å². The number of nitrogens with zero attached hydrogens (tertiary/aromatic N) is 4. The van der Waals surface area contributed by atoms with Gasteiger partial charge in [-0.2, -0.15) is 4.98 Å². The molecule has 0 bridgehead atoms. The summed E-state index contributed by atoms with van der Waals surface area (Å²) < 4.78 is 28.9. The van der Waals surface area contributed by atoms with E-state index in [1.807, 2.05) is 23.1 Å². The molecule has 1 aliphatic heterocycles. The van der Waals surface area contributed by atoms with Crippen LogP contribution in [0.4, 0.5) is 11.8 Å². The largest absolute Gasteiger partial charge is 0.354 e. The summed E-state index contributed by atoms with van der Waals surface area (Å²) in [6.07, 6.45) is 4.04. The van der Waals surface area contributed by atoms with Gasteiger partial charge in [-0.15, -0.1) is 0 Å². The second-order valence-corrected chi connectivity index (χ2v) is 13.1. The number of anilines is 2. The van der Waals surface area contributed by atoms with E-state index in [4.69, 9.17) is 9.97 Å². The van der Waals surface area contributed by atoms with E-state index in [0.717, 1.165) is 66.5 Å². The maximum Gasteiger partial charge on any atom is 0.240 e. The van der Waals surface area contributed by atoms with Crippen molar-refractivity contribution in [2.45, 2.75) is 37.5 Å². The van der Waals surface area contributed by atoms with Crippen molar-refractivity contribution >= 4 is 54.5 Å². The van der Waals surface area contributed by atoms with Gasteiger partial charge in [0.25, 0.3) is 0 Å². The Bertz CT molecular complexity index is 1400. The van der Waals surface area contributed by atoms with E-state index in [1.54, 1.807) is 31.2 Å². The third-order valence-corrected chi connectivity index (χ3v) is 9.78. The maximum atomic E-state index is 12.6. The van der Waals surface area contributed by atoms with E-state index in [0.29, 0.717) is 42.3 Å². The Kier molecular flexibility index (Phi) is 8.68. The normalized spacial score (nSPS) is 20.3. The molecule has 0 atom stereocenters. The highest BCUT2D eigenvalue weighted by atomic mass is 79.9. The second-order valence-electron chi connectivity index (χ2n) is 10.5. The van der Waals surface area contributed by atoms with Crippen LogP contribution in [0.25, 0.3) is 10.9 Å². The van der Waals surface area contributed by atoms with Crippen LogP contribution in [0, 0.1) is 11.8 Å². The van der Waals surface area contributed by atoms with Crippen LogP contribution in [0.3, 0.4) is 0 Å². The zero-order valence-electron chi connectivity index (χ0n) is 22.1. The minimum Gasteiger partial charge on any atom is -0.354 e. The molecule has 1 saturated heterocycles. The Balaban J connectivity index is 1.15. The SMILES string of the molecule is CC(=O)N1CCN(c2nc(NCC3CCC(CNS(=O)(=O)c4ccc(Br)cc4)CC3)nc3ccccc23)CC1. The molecule has 0 radical (unpaired) electrons. The number of rotatable bonds is 8. The first kappa shape index (κ1) is 27.8. The first-order chi connectivity index (χ1) is 18.8. The first-order valence-corrected chi connectivity index (χ1v) is 15.8. The molecule has 1 aromatic heterocycles. The van der Waals surface area contributed by atoms with Gasteiger partial charge in [-0.05, 0) is 73.9 Å². The number of fused-ring (bicyclic) bond motifs is 1. The standard InChI is InChI=1S/C28H35BrN6O3S/c1-20(36)34-14-16-35(17-15-34)27-25-4-2-3-5-26(25)32-28(33-27)30-18-21-6-8-22(9-7-21)19-31-39(37,38)24-12-10-23(29)11-13-24/h2-5,10-13,21-22,31H,6-9,14-19H2,1H3,(H,30,32,33). The molecule has 208 valence electrons. The predicted molar refractivity (Wildman–Crippen MR) is 157 cm³/mol. The van der Waals surface area contributed by atoms with E-state index in [1.165, 1.54) is 0 Å². The Morgan fingerprint density at radius 3 is 2.23 bits per heavy atom. The maximum absolute atomic E-state index is 12.6. The first-order valence-electron chi connectivity index (χ1n) is 13.5. The van der Waals surface area contributed by atoms with Gasteiger partial charge in [0, 0.05) is 56.1 Å². The van der Waals surface area contributed by atoms with Crippen LogP contribution in [0.2, 0.25) is 0 Å². The van der Waals surface area contributed by atoms with Crippen molar-refractivity contribution < 1.29 is 13.2 Å². The van der Waals surface area contributed by atoms with Crippen molar-refractivity contribution in [3.05, 3.63) is 53.0 Å². The van der Waals surface area contributed by atoms with E-state index in [2.05, 4.69) is 36.9 Å². The zero-order chi connectivity index (χ0) is 27.4. The molecule has 2 aliphatic rings. The number of halogens is 1. The molecule has 0 unspecified atom stereocenters. The van der Waals surface area contributed by atoms with Crippen molar-refractivity contribution in [1.29, 1.82) is 0 Å². The lowest BCUT2D eigenvalue weighted by molar-refractivity contribution is -0.129. The number of sulfonamides is 1. The van der Waals surface area contributed by atoms with Crippen LogP contribution >= 0.6 is 15.9 Å². The van der Waals surface area contributed by atoms with Crippen LogP contribution in [0.15, 0.2) is 57.9 Å². The number of hydrogen-bond donors (Lipinski definition) is 2. The summed E-state index contributed by atoms with van der Waals surface area (Å²) in [6, 6.07) is 14.8. The molecule has 0 spiro atoms. The smallest absolute Gasteiger partial charge is 0.240 e. The topological polar surface area (TPSA) is 108 Å². The summed E-state index contributed by atoms with van der Waals surface area (Å²) in [5, 5.41) is 4.50. The number of amides is 1. The highest BCUT2D eigenvalue weighted by molar-refractivity contribution is 9.10. The van der Waals surface area contributed by atoms with Crippen LogP contribution < -0.4 is 14.9 Å². The van der Waals surface area contributed by atoms with E-state index in [9.17, 15) is 13.2 Å². The Hall–Kier alpha value is -2.76. The van der Waals surface area contributed by atoms with E-state index in [-0.39, 0.29) is 5.91 Å².